The molecule has 0 unspecified atom stereocenters. The summed E-state index contributed by atoms with van der Waals surface area (Å²) in [5, 5.41) is 3.18. The van der Waals surface area contributed by atoms with E-state index in [1.165, 1.54) is 48.2 Å². The van der Waals surface area contributed by atoms with Crippen molar-refractivity contribution in [2.24, 2.45) is 0 Å². The molecule has 0 saturated heterocycles. The SMILES string of the molecule is c1ccc(C2(c3ccccc3)c3ccccc3-c3ccc(-c4nc(-c5cc(-c6nc7ccccc7o6)cc(-c6nc7ccccc7s6)c5)nc(-c5cccc6sc7ccccc7c56)n4)cc32)cc1. The molecule has 0 N–H and O–H groups in total. The Morgan fingerprint density at radius 3 is 1.79 bits per heavy atom. The first-order valence-corrected chi connectivity index (χ1v) is 24.2. The predicted octanol–water partition coefficient (Wildman–Crippen LogP) is 15.7. The average molecular weight is 906 g/mol. The summed E-state index contributed by atoms with van der Waals surface area (Å²) in [6.45, 7) is 0. The topological polar surface area (TPSA) is 77.6 Å². The quantitative estimate of drug-likeness (QED) is 0.159. The largest absolute Gasteiger partial charge is 0.436 e. The lowest BCUT2D eigenvalue weighted by atomic mass is 9.67. The van der Waals surface area contributed by atoms with E-state index in [1.807, 2.05) is 30.3 Å². The van der Waals surface area contributed by atoms with Crippen molar-refractivity contribution in [3.8, 4) is 67.3 Å². The molecule has 0 saturated carbocycles. The van der Waals surface area contributed by atoms with Crippen molar-refractivity contribution >= 4 is 64.2 Å². The molecule has 4 aromatic heterocycles. The molecule has 0 bridgehead atoms. The van der Waals surface area contributed by atoms with Crippen LogP contribution in [0.3, 0.4) is 0 Å². The number of thiazole rings is 1. The maximum atomic E-state index is 6.44. The van der Waals surface area contributed by atoms with Crippen LogP contribution < -0.4 is 0 Å². The molecular formula is C60H35N5OS2. The second-order valence-corrected chi connectivity index (χ2v) is 19.3. The zero-order valence-electron chi connectivity index (χ0n) is 36.2. The van der Waals surface area contributed by atoms with Gasteiger partial charge in [-0.05, 0) is 94.0 Å². The highest BCUT2D eigenvalue weighted by Gasteiger charge is 2.46. The van der Waals surface area contributed by atoms with Crippen molar-refractivity contribution in [2.75, 3.05) is 0 Å². The molecule has 0 aliphatic heterocycles. The van der Waals surface area contributed by atoms with E-state index in [-0.39, 0.29) is 0 Å². The highest BCUT2D eigenvalue weighted by atomic mass is 32.1. The molecule has 68 heavy (non-hydrogen) atoms. The van der Waals surface area contributed by atoms with E-state index in [0.29, 0.717) is 23.4 Å². The Balaban J connectivity index is 1.04. The number of para-hydroxylation sites is 3. The molecule has 318 valence electrons. The van der Waals surface area contributed by atoms with Gasteiger partial charge in [0, 0.05) is 48.0 Å². The van der Waals surface area contributed by atoms with Gasteiger partial charge in [-0.25, -0.2) is 24.9 Å². The van der Waals surface area contributed by atoms with Gasteiger partial charge in [0.2, 0.25) is 5.89 Å². The van der Waals surface area contributed by atoms with Gasteiger partial charge in [0.1, 0.15) is 10.5 Å². The number of hydrogen-bond donors (Lipinski definition) is 0. The van der Waals surface area contributed by atoms with Crippen LogP contribution in [0.2, 0.25) is 0 Å². The molecule has 1 aliphatic rings. The van der Waals surface area contributed by atoms with E-state index in [2.05, 4.69) is 182 Å². The Hall–Kier alpha value is -8.43. The molecule has 14 rings (SSSR count). The number of rotatable bonds is 7. The van der Waals surface area contributed by atoms with Crippen molar-refractivity contribution in [3.05, 3.63) is 235 Å². The minimum Gasteiger partial charge on any atom is -0.436 e. The lowest BCUT2D eigenvalue weighted by Gasteiger charge is -2.34. The molecular weight excluding hydrogens is 871 g/mol. The third kappa shape index (κ3) is 6.05. The van der Waals surface area contributed by atoms with Gasteiger partial charge in [0.05, 0.1) is 15.6 Å². The fraction of sp³-hybridized carbons (Fsp3) is 0.0167. The van der Waals surface area contributed by atoms with Crippen molar-refractivity contribution in [2.45, 2.75) is 5.41 Å². The van der Waals surface area contributed by atoms with Gasteiger partial charge in [0.25, 0.3) is 0 Å². The molecule has 0 atom stereocenters. The van der Waals surface area contributed by atoms with Crippen LogP contribution in [0.4, 0.5) is 0 Å². The molecule has 13 aromatic rings. The summed E-state index contributed by atoms with van der Waals surface area (Å²) >= 11 is 3.44. The standard InChI is InChI=1S/C60H35N5OS2/c1-3-16-40(17-4-1)60(41-18-5-2-6-19-41)46-23-9-7-20-42(46)43-31-30-36(35-47(43)60)55-63-56(65-57(64-55)45-22-15-29-53-54(45)44-21-8-13-27-51(44)67-53)37-32-38(58-61-48-24-10-12-26-50(48)66-58)34-39(33-37)59-62-49-25-11-14-28-52(49)68-59/h1-35H. The Morgan fingerprint density at radius 1 is 0.368 bits per heavy atom. The zero-order chi connectivity index (χ0) is 44.8. The van der Waals surface area contributed by atoms with E-state index < -0.39 is 5.41 Å². The van der Waals surface area contributed by atoms with Crippen LogP contribution >= 0.6 is 22.7 Å². The Kier molecular flexibility index (Phi) is 8.74. The first-order chi connectivity index (χ1) is 33.7. The van der Waals surface area contributed by atoms with Gasteiger partial charge in [-0.1, -0.05) is 152 Å². The third-order valence-corrected chi connectivity index (χ3v) is 15.5. The lowest BCUT2D eigenvalue weighted by Crippen LogP contribution is -2.28. The van der Waals surface area contributed by atoms with Gasteiger partial charge in [0.15, 0.2) is 23.1 Å². The second-order valence-electron chi connectivity index (χ2n) is 17.1. The molecule has 0 spiro atoms. The highest BCUT2D eigenvalue weighted by Crippen LogP contribution is 2.56. The van der Waals surface area contributed by atoms with Crippen LogP contribution in [-0.4, -0.2) is 24.9 Å². The van der Waals surface area contributed by atoms with E-state index in [1.54, 1.807) is 22.7 Å². The Morgan fingerprint density at radius 2 is 0.985 bits per heavy atom. The number of aromatic nitrogens is 5. The second kappa shape index (κ2) is 15.3. The van der Waals surface area contributed by atoms with Crippen LogP contribution in [0.25, 0.3) is 109 Å². The fourth-order valence-electron chi connectivity index (χ4n) is 10.3. The van der Waals surface area contributed by atoms with Gasteiger partial charge in [-0.2, -0.15) is 0 Å². The van der Waals surface area contributed by atoms with E-state index in [4.69, 9.17) is 29.3 Å². The summed E-state index contributed by atoms with van der Waals surface area (Å²) in [5.74, 6) is 2.21. The minimum atomic E-state index is -0.593. The maximum absolute atomic E-state index is 6.44. The first-order valence-electron chi connectivity index (χ1n) is 22.6. The van der Waals surface area contributed by atoms with Crippen LogP contribution in [0.15, 0.2) is 217 Å². The van der Waals surface area contributed by atoms with Gasteiger partial charge in [-0.3, -0.25) is 0 Å². The molecule has 1 aliphatic carbocycles. The van der Waals surface area contributed by atoms with Crippen molar-refractivity contribution in [1.29, 1.82) is 0 Å². The predicted molar refractivity (Wildman–Crippen MR) is 278 cm³/mol. The summed E-state index contributed by atoms with van der Waals surface area (Å²) < 4.78 is 9.94. The van der Waals surface area contributed by atoms with E-state index in [9.17, 15) is 0 Å². The van der Waals surface area contributed by atoms with E-state index in [0.717, 1.165) is 59.5 Å². The Bertz CT molecular complexity index is 3920. The zero-order valence-corrected chi connectivity index (χ0v) is 37.8. The van der Waals surface area contributed by atoms with Crippen molar-refractivity contribution < 1.29 is 4.42 Å². The average Bonchev–Trinajstić information content (AvgIpc) is 4.20. The smallest absolute Gasteiger partial charge is 0.227 e. The Labute approximate surface area is 398 Å². The van der Waals surface area contributed by atoms with Crippen LogP contribution in [0.5, 0.6) is 0 Å². The molecule has 8 heteroatoms. The summed E-state index contributed by atoms with van der Waals surface area (Å²) in [6, 6.07) is 74.8. The summed E-state index contributed by atoms with van der Waals surface area (Å²) in [5.41, 5.74) is 13.4. The minimum absolute atomic E-state index is 0.510. The number of nitrogens with zero attached hydrogens (tertiary/aromatic N) is 5. The molecule has 9 aromatic carbocycles. The van der Waals surface area contributed by atoms with Gasteiger partial charge < -0.3 is 4.42 Å². The number of oxazole rings is 1. The normalized spacial score (nSPS) is 12.8. The van der Waals surface area contributed by atoms with Crippen LogP contribution in [0, 0.1) is 0 Å². The highest BCUT2D eigenvalue weighted by molar-refractivity contribution is 7.26. The molecule has 0 amide bonds. The number of benzene rings is 9. The van der Waals surface area contributed by atoms with Crippen LogP contribution in [-0.2, 0) is 5.41 Å². The van der Waals surface area contributed by atoms with Crippen LogP contribution in [0.1, 0.15) is 22.3 Å². The molecule has 4 heterocycles. The monoisotopic (exact) mass is 905 g/mol. The van der Waals surface area contributed by atoms with Crippen molar-refractivity contribution in [3.63, 3.8) is 0 Å². The third-order valence-electron chi connectivity index (χ3n) is 13.3. The van der Waals surface area contributed by atoms with Gasteiger partial charge >= 0.3 is 0 Å². The van der Waals surface area contributed by atoms with E-state index >= 15 is 0 Å². The number of fused-ring (bicyclic) bond motifs is 8. The summed E-state index contributed by atoms with van der Waals surface area (Å²) in [7, 11) is 0. The van der Waals surface area contributed by atoms with Gasteiger partial charge in [-0.15, -0.1) is 22.7 Å². The molecule has 0 radical (unpaired) electrons. The molecule has 0 fully saturated rings. The van der Waals surface area contributed by atoms with Crippen molar-refractivity contribution in [1.82, 2.24) is 24.9 Å². The fourth-order valence-corrected chi connectivity index (χ4v) is 12.4. The summed E-state index contributed by atoms with van der Waals surface area (Å²) in [6.07, 6.45) is 0. The lowest BCUT2D eigenvalue weighted by molar-refractivity contribution is 0.620. The first kappa shape index (κ1) is 38.8. The maximum Gasteiger partial charge on any atom is 0.227 e. The number of thiophene rings is 1. The number of hydrogen-bond acceptors (Lipinski definition) is 8. The molecule has 6 nitrogen and oxygen atoms in total. The summed E-state index contributed by atoms with van der Waals surface area (Å²) in [4.78, 5) is 26.4.